The fourth-order valence-corrected chi connectivity index (χ4v) is 6.45. The molecule has 1 aromatic heterocycles. The lowest BCUT2D eigenvalue weighted by molar-refractivity contribution is -0.293. The quantitative estimate of drug-likeness (QED) is 0.282. The van der Waals surface area contributed by atoms with E-state index in [-0.39, 0.29) is 17.8 Å². The van der Waals surface area contributed by atoms with E-state index in [4.69, 9.17) is 14.2 Å². The van der Waals surface area contributed by atoms with Crippen LogP contribution in [0.15, 0.2) is 36.9 Å². The van der Waals surface area contributed by atoms with Gasteiger partial charge in [-0.3, -0.25) is 9.59 Å². The molecule has 8 heteroatoms. The topological polar surface area (TPSA) is 80.9 Å². The number of carbonyl (C=O) groups is 2. The molecular weight excluding hydrogens is 499 g/mol. The van der Waals surface area contributed by atoms with Crippen LogP contribution in [0.5, 0.6) is 0 Å². The van der Waals surface area contributed by atoms with Gasteiger partial charge in [-0.15, -0.1) is 0 Å². The first-order valence-corrected chi connectivity index (χ1v) is 10.8. The first kappa shape index (κ1) is 21.3. The Morgan fingerprint density at radius 2 is 1.93 bits per heavy atom. The number of hydrogen-bond acceptors (Lipinski definition) is 5. The molecule has 1 aliphatic carbocycles. The molecule has 2 aromatic rings. The van der Waals surface area contributed by atoms with E-state index in [9.17, 15) is 9.59 Å². The lowest BCUT2D eigenvalue weighted by Crippen LogP contribution is -2.73. The number of halogens is 1. The first-order chi connectivity index (χ1) is 14.4. The summed E-state index contributed by atoms with van der Waals surface area (Å²) in [5, 5.41) is 1.03. The average Bonchev–Trinajstić information content (AvgIpc) is 3.14. The Labute approximate surface area is 188 Å². The number of fused-ring (bicyclic) bond motifs is 4. The van der Waals surface area contributed by atoms with Gasteiger partial charge in [-0.2, -0.15) is 0 Å². The van der Waals surface area contributed by atoms with Crippen molar-refractivity contribution in [2.24, 2.45) is 5.92 Å². The number of aromatic amines is 1. The van der Waals surface area contributed by atoms with Crippen LogP contribution in [0.4, 0.5) is 0 Å². The van der Waals surface area contributed by atoms with Crippen molar-refractivity contribution in [2.45, 2.75) is 30.1 Å². The van der Waals surface area contributed by atoms with E-state index in [1.165, 1.54) is 13.2 Å². The van der Waals surface area contributed by atoms with Gasteiger partial charge in [0, 0.05) is 53.3 Å². The molecule has 2 saturated heterocycles. The van der Waals surface area contributed by atoms with Crippen molar-refractivity contribution in [3.05, 3.63) is 46.2 Å². The number of benzene rings is 1. The summed E-state index contributed by atoms with van der Waals surface area (Å²) in [6.45, 7) is 4.08. The van der Waals surface area contributed by atoms with Crippen LogP contribution in [-0.2, 0) is 29.2 Å². The zero-order chi connectivity index (χ0) is 21.7. The van der Waals surface area contributed by atoms with Crippen molar-refractivity contribution in [2.75, 3.05) is 27.9 Å². The normalized spacial score (nSPS) is 27.3. The molecule has 1 amide bonds. The highest BCUT2D eigenvalue weighted by Crippen LogP contribution is 2.55. The monoisotopic (exact) mass is 524 g/mol. The molecular formula is C22H25IN2O5. The third-order valence-corrected chi connectivity index (χ3v) is 7.94. The van der Waals surface area contributed by atoms with Gasteiger partial charge in [-0.05, 0) is 41.2 Å². The van der Waals surface area contributed by atoms with E-state index in [1.807, 2.05) is 24.3 Å². The molecule has 2 aliphatic heterocycles. The van der Waals surface area contributed by atoms with Crippen LogP contribution in [0, 0.1) is 9.49 Å². The molecule has 5 rings (SSSR count). The van der Waals surface area contributed by atoms with Gasteiger partial charge in [0.05, 0.1) is 13.2 Å². The van der Waals surface area contributed by atoms with E-state index in [2.05, 4.69) is 34.2 Å². The predicted octanol–water partition coefficient (Wildman–Crippen LogP) is 2.98. The van der Waals surface area contributed by atoms with Crippen molar-refractivity contribution >= 4 is 45.4 Å². The molecule has 1 N–H and O–H groups in total. The number of hydrogen-bond donors (Lipinski definition) is 1. The van der Waals surface area contributed by atoms with Crippen LogP contribution in [0.3, 0.4) is 0 Å². The number of esters is 1. The molecule has 0 radical (unpaired) electrons. The lowest BCUT2D eigenvalue weighted by Gasteiger charge is -2.60. The number of piperidine rings is 2. The van der Waals surface area contributed by atoms with Gasteiger partial charge < -0.3 is 24.1 Å². The standard InChI is InChI=1S/C22H25IN2O5/c1-5-17(26)25-12-13-10-21(20(27)28-2,16(25)11-22(13,29-3)30-4)19-18(23)14-8-6-7-9-15(14)24-19/h5-9,13,16,24H,1,10-12H2,2-4H3/t13-,16+,21+/m0/s1. The summed E-state index contributed by atoms with van der Waals surface area (Å²) in [6.07, 6.45) is 2.08. The SMILES string of the molecule is C=CC(=O)N1C[C@@H]2C[C@](C(=O)OC)(c3[nH]c4ccccc4c3I)[C@H]1CC2(OC)OC. The summed E-state index contributed by atoms with van der Waals surface area (Å²) >= 11 is 2.27. The van der Waals surface area contributed by atoms with Crippen molar-refractivity contribution in [1.82, 2.24) is 9.88 Å². The molecule has 7 nitrogen and oxygen atoms in total. The summed E-state index contributed by atoms with van der Waals surface area (Å²) < 4.78 is 17.9. The smallest absolute Gasteiger partial charge is 0.320 e. The summed E-state index contributed by atoms with van der Waals surface area (Å²) in [7, 11) is 4.61. The molecule has 3 heterocycles. The number of H-pyrrole nitrogens is 1. The van der Waals surface area contributed by atoms with E-state index < -0.39 is 17.2 Å². The highest BCUT2D eigenvalue weighted by atomic mass is 127. The number of carbonyl (C=O) groups excluding carboxylic acids is 2. The molecule has 2 bridgehead atoms. The number of nitrogens with zero attached hydrogens (tertiary/aromatic N) is 1. The predicted molar refractivity (Wildman–Crippen MR) is 120 cm³/mol. The Morgan fingerprint density at radius 3 is 2.50 bits per heavy atom. The number of aromatic nitrogens is 1. The van der Waals surface area contributed by atoms with Gasteiger partial charge in [-0.1, -0.05) is 24.8 Å². The van der Waals surface area contributed by atoms with Gasteiger partial charge in [0.2, 0.25) is 5.91 Å². The average molecular weight is 524 g/mol. The number of methoxy groups -OCH3 is 3. The highest BCUT2D eigenvalue weighted by Gasteiger charge is 2.67. The number of rotatable bonds is 5. The van der Waals surface area contributed by atoms with Gasteiger partial charge >= 0.3 is 5.97 Å². The molecule has 1 aromatic carbocycles. The molecule has 0 unspecified atom stereocenters. The number of ether oxygens (including phenoxy) is 3. The summed E-state index contributed by atoms with van der Waals surface area (Å²) in [5.41, 5.74) is 0.647. The van der Waals surface area contributed by atoms with Crippen molar-refractivity contribution in [1.29, 1.82) is 0 Å². The third kappa shape index (κ3) is 2.76. The number of para-hydroxylation sites is 1. The lowest BCUT2D eigenvalue weighted by atomic mass is 9.58. The second-order valence-electron chi connectivity index (χ2n) is 7.86. The first-order valence-electron chi connectivity index (χ1n) is 9.77. The van der Waals surface area contributed by atoms with Crippen LogP contribution in [0.1, 0.15) is 18.5 Å². The van der Waals surface area contributed by atoms with Crippen LogP contribution in [0.2, 0.25) is 0 Å². The maximum absolute atomic E-state index is 13.5. The third-order valence-electron chi connectivity index (χ3n) is 6.82. The summed E-state index contributed by atoms with van der Waals surface area (Å²) in [6, 6.07) is 7.40. The zero-order valence-corrected chi connectivity index (χ0v) is 19.4. The van der Waals surface area contributed by atoms with Crippen LogP contribution < -0.4 is 0 Å². The van der Waals surface area contributed by atoms with Crippen molar-refractivity contribution in [3.63, 3.8) is 0 Å². The molecule has 1 saturated carbocycles. The fourth-order valence-electron chi connectivity index (χ4n) is 5.37. The molecule has 3 atom stereocenters. The largest absolute Gasteiger partial charge is 0.468 e. The minimum absolute atomic E-state index is 0.218. The van der Waals surface area contributed by atoms with Crippen LogP contribution in [-0.4, -0.2) is 61.5 Å². The molecule has 0 spiro atoms. The Hall–Kier alpha value is -1.91. The maximum atomic E-state index is 13.5. The van der Waals surface area contributed by atoms with E-state index in [0.29, 0.717) is 19.4 Å². The van der Waals surface area contributed by atoms with E-state index >= 15 is 0 Å². The van der Waals surface area contributed by atoms with Crippen molar-refractivity contribution in [3.8, 4) is 0 Å². The van der Waals surface area contributed by atoms with Crippen LogP contribution in [0.25, 0.3) is 10.9 Å². The maximum Gasteiger partial charge on any atom is 0.320 e. The molecule has 3 aliphatic rings. The summed E-state index contributed by atoms with van der Waals surface area (Å²) in [4.78, 5) is 31.4. The van der Waals surface area contributed by atoms with Gasteiger partial charge in [0.15, 0.2) is 5.79 Å². The summed E-state index contributed by atoms with van der Waals surface area (Å²) in [5.74, 6) is -1.67. The second kappa shape index (κ2) is 7.65. The Morgan fingerprint density at radius 1 is 1.23 bits per heavy atom. The molecule has 160 valence electrons. The Kier molecular flexibility index (Phi) is 5.44. The fraction of sp³-hybridized carbons (Fsp3) is 0.455. The van der Waals surface area contributed by atoms with Gasteiger partial charge in [-0.25, -0.2) is 0 Å². The van der Waals surface area contributed by atoms with Crippen LogP contribution >= 0.6 is 22.6 Å². The van der Waals surface area contributed by atoms with Crippen molar-refractivity contribution < 1.29 is 23.8 Å². The minimum atomic E-state index is -1.06. The number of nitrogens with one attached hydrogen (secondary N) is 1. The molecule has 30 heavy (non-hydrogen) atoms. The zero-order valence-electron chi connectivity index (χ0n) is 17.2. The Balaban J connectivity index is 1.96. The minimum Gasteiger partial charge on any atom is -0.468 e. The van der Waals surface area contributed by atoms with E-state index in [0.717, 1.165) is 20.2 Å². The second-order valence-corrected chi connectivity index (χ2v) is 8.94. The molecule has 3 fully saturated rings. The number of amides is 1. The van der Waals surface area contributed by atoms with Gasteiger partial charge in [0.1, 0.15) is 5.41 Å². The Bertz CT molecular complexity index is 1010. The van der Waals surface area contributed by atoms with E-state index in [1.54, 1.807) is 19.1 Å². The van der Waals surface area contributed by atoms with Gasteiger partial charge in [0.25, 0.3) is 0 Å². The highest BCUT2D eigenvalue weighted by molar-refractivity contribution is 14.1.